The predicted molar refractivity (Wildman–Crippen MR) is 113 cm³/mol. The maximum atomic E-state index is 12.8. The van der Waals surface area contributed by atoms with E-state index in [-0.39, 0.29) is 22.9 Å². The summed E-state index contributed by atoms with van der Waals surface area (Å²) in [5, 5.41) is 2.98. The van der Waals surface area contributed by atoms with Gasteiger partial charge in [0.1, 0.15) is 0 Å². The number of amides is 2. The minimum Gasteiger partial charge on any atom is -0.450 e. The van der Waals surface area contributed by atoms with Gasteiger partial charge in [-0.05, 0) is 62.8 Å². The fraction of sp³-hybridized carbons (Fsp3) is 0.619. The Morgan fingerprint density at radius 1 is 1.03 bits per heavy atom. The number of likely N-dealkylation sites (tertiary alicyclic amines) is 1. The summed E-state index contributed by atoms with van der Waals surface area (Å²) in [5.74, 6) is 0.312. The molecule has 30 heavy (non-hydrogen) atoms. The highest BCUT2D eigenvalue weighted by atomic mass is 32.2. The Morgan fingerprint density at radius 2 is 1.63 bits per heavy atom. The highest BCUT2D eigenvalue weighted by Gasteiger charge is 2.28. The van der Waals surface area contributed by atoms with Crippen LogP contribution in [0, 0.1) is 5.92 Å². The van der Waals surface area contributed by atoms with Crippen molar-refractivity contribution in [2.24, 2.45) is 5.92 Å². The summed E-state index contributed by atoms with van der Waals surface area (Å²) in [4.78, 5) is 26.2. The van der Waals surface area contributed by atoms with Crippen LogP contribution in [0.25, 0.3) is 0 Å². The molecule has 3 rings (SSSR count). The summed E-state index contributed by atoms with van der Waals surface area (Å²) in [5.41, 5.74) is 0.425. The molecule has 9 heteroatoms. The maximum Gasteiger partial charge on any atom is 0.409 e. The first-order valence-electron chi connectivity index (χ1n) is 10.6. The van der Waals surface area contributed by atoms with Gasteiger partial charge in [0, 0.05) is 37.8 Å². The van der Waals surface area contributed by atoms with Gasteiger partial charge < -0.3 is 15.0 Å². The van der Waals surface area contributed by atoms with Crippen LogP contribution in [-0.2, 0) is 14.8 Å². The summed E-state index contributed by atoms with van der Waals surface area (Å²) in [7, 11) is -3.52. The van der Waals surface area contributed by atoms with Gasteiger partial charge in [0.25, 0.3) is 5.91 Å². The summed E-state index contributed by atoms with van der Waals surface area (Å²) < 4.78 is 32.1. The largest absolute Gasteiger partial charge is 0.450 e. The number of hydrogen-bond donors (Lipinski definition) is 1. The normalized spacial score (nSPS) is 19.5. The molecule has 2 saturated heterocycles. The van der Waals surface area contributed by atoms with Crippen LogP contribution in [0.5, 0.6) is 0 Å². The van der Waals surface area contributed by atoms with E-state index in [9.17, 15) is 18.0 Å². The maximum absolute atomic E-state index is 12.8. The Labute approximate surface area is 178 Å². The number of ether oxygens (including phenoxy) is 1. The Hall–Kier alpha value is -2.13. The van der Waals surface area contributed by atoms with Crippen LogP contribution in [0.15, 0.2) is 29.2 Å². The summed E-state index contributed by atoms with van der Waals surface area (Å²) >= 11 is 0. The molecule has 8 nitrogen and oxygen atoms in total. The van der Waals surface area contributed by atoms with Gasteiger partial charge in [0.2, 0.25) is 10.0 Å². The van der Waals surface area contributed by atoms with Crippen LogP contribution < -0.4 is 5.32 Å². The topological polar surface area (TPSA) is 96.0 Å². The zero-order valence-electron chi connectivity index (χ0n) is 17.7. The molecular formula is C21H31N3O5S. The molecule has 0 saturated carbocycles. The SMILES string of the molecule is CCOC(=O)N1CCC(NC(=O)c2ccc(S(=O)(=O)N3CCC(C)CC3)cc2)CC1. The number of piperidine rings is 2. The van der Waals surface area contributed by atoms with Crippen LogP contribution in [-0.4, -0.2) is 68.5 Å². The second-order valence-electron chi connectivity index (χ2n) is 8.04. The fourth-order valence-electron chi connectivity index (χ4n) is 3.84. The molecule has 1 N–H and O–H groups in total. The average molecular weight is 438 g/mol. The molecule has 0 aromatic heterocycles. The van der Waals surface area contributed by atoms with Crippen LogP contribution in [0.2, 0.25) is 0 Å². The molecule has 0 bridgehead atoms. The summed E-state index contributed by atoms with van der Waals surface area (Å²) in [6.07, 6.45) is 2.74. The van der Waals surface area contributed by atoms with Crippen LogP contribution in [0.1, 0.15) is 49.9 Å². The van der Waals surface area contributed by atoms with E-state index >= 15 is 0 Å². The zero-order chi connectivity index (χ0) is 21.7. The van der Waals surface area contributed by atoms with Gasteiger partial charge in [-0.15, -0.1) is 0 Å². The Bertz CT molecular complexity index is 840. The predicted octanol–water partition coefficient (Wildman–Crippen LogP) is 2.46. The highest BCUT2D eigenvalue weighted by Crippen LogP contribution is 2.23. The lowest BCUT2D eigenvalue weighted by Gasteiger charge is -2.31. The summed E-state index contributed by atoms with van der Waals surface area (Å²) in [6, 6.07) is 6.10. The van der Waals surface area contributed by atoms with Crippen molar-refractivity contribution in [3.05, 3.63) is 29.8 Å². The molecule has 1 aromatic rings. The van der Waals surface area contributed by atoms with Crippen molar-refractivity contribution in [3.63, 3.8) is 0 Å². The zero-order valence-corrected chi connectivity index (χ0v) is 18.5. The Balaban J connectivity index is 1.55. The van der Waals surface area contributed by atoms with Gasteiger partial charge >= 0.3 is 6.09 Å². The van der Waals surface area contributed by atoms with Gasteiger partial charge in [-0.1, -0.05) is 6.92 Å². The van der Waals surface area contributed by atoms with E-state index in [4.69, 9.17) is 4.74 Å². The van der Waals surface area contributed by atoms with Crippen molar-refractivity contribution in [1.82, 2.24) is 14.5 Å². The second-order valence-corrected chi connectivity index (χ2v) is 9.98. The second kappa shape index (κ2) is 9.78. The smallest absolute Gasteiger partial charge is 0.409 e. The number of sulfonamides is 1. The van der Waals surface area contributed by atoms with Crippen LogP contribution in [0.3, 0.4) is 0 Å². The van der Waals surface area contributed by atoms with Crippen molar-refractivity contribution < 1.29 is 22.7 Å². The number of nitrogens with one attached hydrogen (secondary N) is 1. The first-order valence-corrected chi connectivity index (χ1v) is 12.1. The minimum absolute atomic E-state index is 0.0260. The van der Waals surface area contributed by atoms with Crippen molar-refractivity contribution in [3.8, 4) is 0 Å². The quantitative estimate of drug-likeness (QED) is 0.763. The molecule has 0 unspecified atom stereocenters. The molecule has 0 radical (unpaired) electrons. The summed E-state index contributed by atoms with van der Waals surface area (Å²) in [6.45, 7) is 6.40. The lowest BCUT2D eigenvalue weighted by atomic mass is 10.0. The molecule has 2 amide bonds. The van der Waals surface area contributed by atoms with Crippen LogP contribution >= 0.6 is 0 Å². The van der Waals surface area contributed by atoms with Crippen molar-refractivity contribution in [2.75, 3.05) is 32.8 Å². The lowest BCUT2D eigenvalue weighted by Crippen LogP contribution is -2.46. The molecule has 0 atom stereocenters. The van der Waals surface area contributed by atoms with E-state index in [1.807, 2.05) is 0 Å². The number of carbonyl (C=O) groups is 2. The van der Waals surface area contributed by atoms with E-state index in [0.29, 0.717) is 57.1 Å². The van der Waals surface area contributed by atoms with Gasteiger partial charge in [-0.25, -0.2) is 13.2 Å². The third-order valence-corrected chi connectivity index (χ3v) is 7.77. The number of benzene rings is 1. The number of carbonyl (C=O) groups excluding carboxylic acids is 2. The highest BCUT2D eigenvalue weighted by molar-refractivity contribution is 7.89. The van der Waals surface area contributed by atoms with Crippen molar-refractivity contribution in [2.45, 2.75) is 50.5 Å². The van der Waals surface area contributed by atoms with Gasteiger partial charge in [0.15, 0.2) is 0 Å². The lowest BCUT2D eigenvalue weighted by molar-refractivity contribution is 0.0860. The van der Waals surface area contributed by atoms with Crippen molar-refractivity contribution in [1.29, 1.82) is 0 Å². The van der Waals surface area contributed by atoms with Crippen molar-refractivity contribution >= 4 is 22.0 Å². The van der Waals surface area contributed by atoms with Gasteiger partial charge in [-0.3, -0.25) is 4.79 Å². The molecule has 2 fully saturated rings. The molecule has 0 spiro atoms. The van der Waals surface area contributed by atoms with E-state index < -0.39 is 10.0 Å². The number of nitrogens with zero attached hydrogens (tertiary/aromatic N) is 2. The molecule has 2 aliphatic heterocycles. The fourth-order valence-corrected chi connectivity index (χ4v) is 5.31. The molecule has 2 aliphatic rings. The average Bonchev–Trinajstić information content (AvgIpc) is 2.75. The molecule has 0 aliphatic carbocycles. The van der Waals surface area contributed by atoms with E-state index in [2.05, 4.69) is 12.2 Å². The Kier molecular flexibility index (Phi) is 7.36. The standard InChI is InChI=1S/C21H31N3O5S/c1-3-29-21(26)23-12-10-18(11-13-23)22-20(25)17-4-6-19(7-5-17)30(27,28)24-14-8-16(2)9-15-24/h4-7,16,18H,3,8-15H2,1-2H3,(H,22,25). The Morgan fingerprint density at radius 3 is 2.20 bits per heavy atom. The van der Waals surface area contributed by atoms with Crippen LogP contribution in [0.4, 0.5) is 4.79 Å². The van der Waals surface area contributed by atoms with E-state index in [1.165, 1.54) is 16.4 Å². The molecule has 2 heterocycles. The number of rotatable bonds is 5. The molecule has 166 valence electrons. The monoisotopic (exact) mass is 437 g/mol. The third kappa shape index (κ3) is 5.31. The minimum atomic E-state index is -3.52. The first-order chi connectivity index (χ1) is 14.3. The molecule has 1 aromatic carbocycles. The third-order valence-electron chi connectivity index (χ3n) is 5.85. The molecular weight excluding hydrogens is 406 g/mol. The first kappa shape index (κ1) is 22.6. The van der Waals surface area contributed by atoms with E-state index in [1.54, 1.807) is 24.0 Å². The van der Waals surface area contributed by atoms with Gasteiger partial charge in [0.05, 0.1) is 11.5 Å². The van der Waals surface area contributed by atoms with E-state index in [0.717, 1.165) is 12.8 Å². The van der Waals surface area contributed by atoms with Gasteiger partial charge in [-0.2, -0.15) is 4.31 Å². The number of hydrogen-bond acceptors (Lipinski definition) is 5.